The Hall–Kier alpha value is -3.26. The molecule has 2 N–H and O–H groups in total. The molecule has 0 spiro atoms. The topological polar surface area (TPSA) is 93.3 Å². The molecule has 0 fully saturated rings. The number of benzene rings is 2. The van der Waals surface area contributed by atoms with Crippen molar-refractivity contribution < 1.29 is 14.3 Å². The van der Waals surface area contributed by atoms with E-state index in [4.69, 9.17) is 9.47 Å². The Bertz CT molecular complexity index is 1190. The Balaban J connectivity index is 1.71. The smallest absolute Gasteiger partial charge is 0.257 e. The maximum absolute atomic E-state index is 13.1. The maximum atomic E-state index is 13.1. The number of methoxy groups -OCH3 is 2. The molecule has 0 bridgehead atoms. The lowest BCUT2D eigenvalue weighted by atomic mass is 9.86. The number of ether oxygens (including phenoxy) is 2. The average Bonchev–Trinajstić information content (AvgIpc) is 2.77. The van der Waals surface area contributed by atoms with Crippen molar-refractivity contribution in [2.75, 3.05) is 19.5 Å². The highest BCUT2D eigenvalue weighted by Gasteiger charge is 2.33. The summed E-state index contributed by atoms with van der Waals surface area (Å²) in [6, 6.07) is 13.4. The summed E-state index contributed by atoms with van der Waals surface area (Å²) in [6.07, 6.45) is 0.122. The van der Waals surface area contributed by atoms with E-state index in [9.17, 15) is 9.59 Å². The Labute approximate surface area is 184 Å². The molecule has 1 amide bonds. The van der Waals surface area contributed by atoms with Gasteiger partial charge in [0.1, 0.15) is 17.3 Å². The van der Waals surface area contributed by atoms with Crippen molar-refractivity contribution >= 4 is 23.5 Å². The number of aromatic amines is 1. The third-order valence-corrected chi connectivity index (χ3v) is 6.29. The molecular formula is C23H23N3O4S. The summed E-state index contributed by atoms with van der Waals surface area (Å²) < 4.78 is 10.8. The van der Waals surface area contributed by atoms with E-state index in [-0.39, 0.29) is 17.9 Å². The van der Waals surface area contributed by atoms with E-state index in [1.165, 1.54) is 17.3 Å². The van der Waals surface area contributed by atoms with Gasteiger partial charge >= 0.3 is 0 Å². The van der Waals surface area contributed by atoms with Gasteiger partial charge in [0, 0.05) is 23.7 Å². The molecule has 8 heteroatoms. The van der Waals surface area contributed by atoms with Crippen LogP contribution in [0.1, 0.15) is 34.6 Å². The molecule has 4 rings (SSSR count). The predicted molar refractivity (Wildman–Crippen MR) is 120 cm³/mol. The number of nitrogens with one attached hydrogen (secondary N) is 2. The van der Waals surface area contributed by atoms with Crippen molar-refractivity contribution in [3.8, 4) is 11.5 Å². The minimum atomic E-state index is -0.486. The lowest BCUT2D eigenvalue weighted by Crippen LogP contribution is -2.31. The quantitative estimate of drug-likeness (QED) is 0.449. The minimum Gasteiger partial charge on any atom is -0.497 e. The monoisotopic (exact) mass is 437 g/mol. The molecule has 0 aliphatic carbocycles. The van der Waals surface area contributed by atoms with Crippen LogP contribution in [0.25, 0.3) is 0 Å². The van der Waals surface area contributed by atoms with Gasteiger partial charge in [0.05, 0.1) is 19.8 Å². The fourth-order valence-electron chi connectivity index (χ4n) is 3.71. The van der Waals surface area contributed by atoms with Gasteiger partial charge in [-0.1, -0.05) is 36.0 Å². The first kappa shape index (κ1) is 21.0. The summed E-state index contributed by atoms with van der Waals surface area (Å²) in [5, 5.41) is 3.22. The summed E-state index contributed by atoms with van der Waals surface area (Å²) in [5.74, 6) is 1.48. The molecule has 1 aromatic heterocycles. The Morgan fingerprint density at radius 1 is 1.13 bits per heavy atom. The highest BCUT2D eigenvalue weighted by Crippen LogP contribution is 2.40. The van der Waals surface area contributed by atoms with Crippen LogP contribution in [0.15, 0.2) is 52.4 Å². The van der Waals surface area contributed by atoms with Crippen LogP contribution >= 0.6 is 11.8 Å². The van der Waals surface area contributed by atoms with Gasteiger partial charge in [0.25, 0.3) is 5.56 Å². The second-order valence-corrected chi connectivity index (χ2v) is 8.23. The van der Waals surface area contributed by atoms with Crippen LogP contribution in [0.3, 0.4) is 0 Å². The molecule has 31 heavy (non-hydrogen) atoms. The Kier molecular flexibility index (Phi) is 5.99. The largest absolute Gasteiger partial charge is 0.497 e. The molecule has 160 valence electrons. The molecule has 0 saturated carbocycles. The van der Waals surface area contributed by atoms with Gasteiger partial charge in [0.15, 0.2) is 5.16 Å². The predicted octanol–water partition coefficient (Wildman–Crippen LogP) is 3.86. The van der Waals surface area contributed by atoms with Crippen molar-refractivity contribution in [1.29, 1.82) is 0 Å². The number of rotatable bonds is 6. The molecule has 2 aromatic carbocycles. The zero-order chi connectivity index (χ0) is 22.0. The molecule has 1 aliphatic heterocycles. The number of nitrogens with zero attached hydrogens (tertiary/aromatic N) is 1. The van der Waals surface area contributed by atoms with E-state index in [0.717, 1.165) is 5.56 Å². The number of anilines is 1. The molecule has 0 unspecified atom stereocenters. The van der Waals surface area contributed by atoms with Crippen molar-refractivity contribution in [1.82, 2.24) is 9.97 Å². The first-order valence-electron chi connectivity index (χ1n) is 9.83. The highest BCUT2D eigenvalue weighted by atomic mass is 32.2. The van der Waals surface area contributed by atoms with Gasteiger partial charge in [-0.05, 0) is 36.2 Å². The zero-order valence-corrected chi connectivity index (χ0v) is 18.3. The third-order valence-electron chi connectivity index (χ3n) is 5.37. The summed E-state index contributed by atoms with van der Waals surface area (Å²) >= 11 is 1.42. The molecule has 2 heterocycles. The normalized spacial score (nSPS) is 15.2. The Morgan fingerprint density at radius 3 is 2.68 bits per heavy atom. The number of amides is 1. The van der Waals surface area contributed by atoms with Crippen molar-refractivity contribution in [3.05, 3.63) is 75.1 Å². The molecule has 0 radical (unpaired) electrons. The van der Waals surface area contributed by atoms with Crippen LogP contribution in [0.4, 0.5) is 5.82 Å². The van der Waals surface area contributed by atoms with Gasteiger partial charge in [-0.25, -0.2) is 4.98 Å². The fraction of sp³-hybridized carbons (Fsp3) is 0.261. The lowest BCUT2D eigenvalue weighted by molar-refractivity contribution is -0.116. The lowest BCUT2D eigenvalue weighted by Gasteiger charge is -2.26. The van der Waals surface area contributed by atoms with Gasteiger partial charge < -0.3 is 19.8 Å². The average molecular weight is 438 g/mol. The first-order valence-corrected chi connectivity index (χ1v) is 10.8. The number of hydrogen-bond donors (Lipinski definition) is 2. The SMILES string of the molecule is COc1ccc(OC)c([C@H]2CC(=O)Nc3nc(SCc4ccccc4C)[nH]c(=O)c32)c1. The van der Waals surface area contributed by atoms with Crippen LogP contribution in [-0.4, -0.2) is 30.1 Å². The number of aryl methyl sites for hydroxylation is 1. The molecular weight excluding hydrogens is 414 g/mol. The van der Waals surface area contributed by atoms with Crippen LogP contribution in [0.2, 0.25) is 0 Å². The molecule has 7 nitrogen and oxygen atoms in total. The standard InChI is InChI=1S/C23H23N3O4S/c1-13-6-4-5-7-14(13)12-31-23-25-21-20(22(28)26-23)17(11-19(27)24-21)16-10-15(29-2)8-9-18(16)30-3/h4-10,17H,11-12H2,1-3H3,(H2,24,25,26,27,28)/t17-/m1/s1. The number of aromatic nitrogens is 2. The number of H-pyrrole nitrogens is 1. The number of carbonyl (C=O) groups excluding carboxylic acids is 1. The molecule has 0 saturated heterocycles. The van der Waals surface area contributed by atoms with Gasteiger partial charge in [-0.2, -0.15) is 0 Å². The van der Waals surface area contributed by atoms with Crippen LogP contribution in [0, 0.1) is 6.92 Å². The molecule has 1 aliphatic rings. The Morgan fingerprint density at radius 2 is 1.94 bits per heavy atom. The number of thioether (sulfide) groups is 1. The minimum absolute atomic E-state index is 0.122. The first-order chi connectivity index (χ1) is 15.0. The van der Waals surface area contributed by atoms with E-state index in [2.05, 4.69) is 15.3 Å². The summed E-state index contributed by atoms with van der Waals surface area (Å²) in [7, 11) is 3.13. The van der Waals surface area contributed by atoms with Crippen LogP contribution in [-0.2, 0) is 10.5 Å². The fourth-order valence-corrected chi connectivity index (χ4v) is 4.65. The second kappa shape index (κ2) is 8.85. The van der Waals surface area contributed by atoms with Crippen molar-refractivity contribution in [2.45, 2.75) is 30.2 Å². The van der Waals surface area contributed by atoms with Gasteiger partial charge in [-0.15, -0.1) is 0 Å². The van der Waals surface area contributed by atoms with Crippen LogP contribution in [0.5, 0.6) is 11.5 Å². The number of carbonyl (C=O) groups is 1. The third kappa shape index (κ3) is 4.29. The summed E-state index contributed by atoms with van der Waals surface area (Å²) in [5.41, 5.74) is 3.20. The highest BCUT2D eigenvalue weighted by molar-refractivity contribution is 7.98. The molecule has 3 aromatic rings. The van der Waals surface area contributed by atoms with Crippen LogP contribution < -0.4 is 20.3 Å². The van der Waals surface area contributed by atoms with E-state index >= 15 is 0 Å². The number of fused-ring (bicyclic) bond motifs is 1. The summed E-state index contributed by atoms with van der Waals surface area (Å²) in [6.45, 7) is 2.05. The van der Waals surface area contributed by atoms with E-state index in [1.807, 2.05) is 31.2 Å². The summed E-state index contributed by atoms with van der Waals surface area (Å²) in [4.78, 5) is 33.0. The van der Waals surface area contributed by atoms with E-state index < -0.39 is 5.92 Å². The van der Waals surface area contributed by atoms with Crippen molar-refractivity contribution in [3.63, 3.8) is 0 Å². The van der Waals surface area contributed by atoms with Crippen molar-refractivity contribution in [2.24, 2.45) is 0 Å². The van der Waals surface area contributed by atoms with E-state index in [1.54, 1.807) is 32.4 Å². The zero-order valence-electron chi connectivity index (χ0n) is 17.5. The second-order valence-electron chi connectivity index (χ2n) is 7.26. The van der Waals surface area contributed by atoms with Gasteiger partial charge in [-0.3, -0.25) is 9.59 Å². The number of hydrogen-bond acceptors (Lipinski definition) is 6. The molecule has 1 atom stereocenters. The van der Waals surface area contributed by atoms with Gasteiger partial charge in [0.2, 0.25) is 5.91 Å². The van der Waals surface area contributed by atoms with E-state index in [0.29, 0.717) is 39.4 Å². The maximum Gasteiger partial charge on any atom is 0.257 e.